The molecule has 2 aliphatic carbocycles. The molecule has 0 aromatic rings. The number of esters is 1. The highest BCUT2D eigenvalue weighted by Gasteiger charge is 2.40. The highest BCUT2D eigenvalue weighted by atomic mass is 32.1. The van der Waals surface area contributed by atoms with E-state index in [0.29, 0.717) is 17.8 Å². The average Bonchev–Trinajstić information content (AvgIpc) is 2.96. The first kappa shape index (κ1) is 11.3. The van der Waals surface area contributed by atoms with Crippen LogP contribution in [0.5, 0.6) is 0 Å². The molecule has 0 aromatic heterocycles. The Bertz CT molecular complexity index is 347. The Kier molecular flexibility index (Phi) is 2.94. The summed E-state index contributed by atoms with van der Waals surface area (Å²) in [6, 6.07) is 0.278. The van der Waals surface area contributed by atoms with Crippen LogP contribution in [0.1, 0.15) is 32.1 Å². The van der Waals surface area contributed by atoms with Gasteiger partial charge in [-0.1, -0.05) is 6.42 Å². The predicted molar refractivity (Wildman–Crippen MR) is 67.5 cm³/mol. The Morgan fingerprint density at radius 1 is 1.24 bits per heavy atom. The predicted octanol–water partition coefficient (Wildman–Crippen LogP) is 0.955. The van der Waals surface area contributed by atoms with Gasteiger partial charge in [0, 0.05) is 12.5 Å². The van der Waals surface area contributed by atoms with E-state index in [9.17, 15) is 4.79 Å². The molecule has 0 amide bonds. The smallest absolute Gasteiger partial charge is 0.328 e. The van der Waals surface area contributed by atoms with Crippen molar-refractivity contribution in [1.82, 2.24) is 10.6 Å². The summed E-state index contributed by atoms with van der Waals surface area (Å²) in [6.07, 6.45) is 6.03. The minimum Gasteiger partial charge on any atom is -0.464 e. The first-order valence-corrected chi connectivity index (χ1v) is 6.87. The largest absolute Gasteiger partial charge is 0.464 e. The summed E-state index contributed by atoms with van der Waals surface area (Å²) in [5.41, 5.74) is 0. The van der Waals surface area contributed by atoms with Crippen LogP contribution in [0.3, 0.4) is 0 Å². The number of hydrogen-bond donors (Lipinski definition) is 2. The lowest BCUT2D eigenvalue weighted by Gasteiger charge is -2.25. The number of hydrogen-bond acceptors (Lipinski definition) is 3. The lowest BCUT2D eigenvalue weighted by molar-refractivity contribution is -0.139. The Morgan fingerprint density at radius 2 is 2.12 bits per heavy atom. The molecular weight excluding hydrogens is 236 g/mol. The topological polar surface area (TPSA) is 50.4 Å². The van der Waals surface area contributed by atoms with E-state index in [1.54, 1.807) is 0 Å². The van der Waals surface area contributed by atoms with E-state index in [1.807, 2.05) is 0 Å². The average molecular weight is 254 g/mol. The molecule has 5 heteroatoms. The molecule has 4 nitrogen and oxygen atoms in total. The van der Waals surface area contributed by atoms with Gasteiger partial charge in [0.05, 0.1) is 6.61 Å². The van der Waals surface area contributed by atoms with Gasteiger partial charge in [-0.05, 0) is 43.3 Å². The summed E-state index contributed by atoms with van der Waals surface area (Å²) >= 11 is 5.27. The number of ether oxygens (including phenoxy) is 1. The molecule has 0 spiro atoms. The molecule has 2 saturated carbocycles. The minimum absolute atomic E-state index is 0.179. The molecular formula is C12H18N2O2S. The first-order valence-electron chi connectivity index (χ1n) is 6.46. The van der Waals surface area contributed by atoms with E-state index in [1.165, 1.54) is 25.7 Å². The molecule has 1 saturated heterocycles. The Balaban J connectivity index is 1.49. The van der Waals surface area contributed by atoms with Gasteiger partial charge in [0.25, 0.3) is 0 Å². The maximum absolute atomic E-state index is 11.3. The van der Waals surface area contributed by atoms with Crippen LogP contribution in [0.15, 0.2) is 0 Å². The first-order chi connectivity index (χ1) is 8.22. The third kappa shape index (κ3) is 2.25. The Morgan fingerprint density at radius 3 is 2.71 bits per heavy atom. The molecule has 3 rings (SSSR count). The van der Waals surface area contributed by atoms with Crippen molar-refractivity contribution in [3.63, 3.8) is 0 Å². The second-order valence-electron chi connectivity index (χ2n) is 5.41. The van der Waals surface area contributed by atoms with Crippen LogP contribution in [-0.2, 0) is 9.53 Å². The molecule has 0 radical (unpaired) electrons. The molecule has 17 heavy (non-hydrogen) atoms. The molecule has 3 aliphatic rings. The number of rotatable bonds is 2. The molecule has 2 bridgehead atoms. The van der Waals surface area contributed by atoms with Crippen LogP contribution in [0, 0.1) is 11.8 Å². The highest BCUT2D eigenvalue weighted by Crippen LogP contribution is 2.44. The number of fused-ring (bicyclic) bond motifs is 2. The summed E-state index contributed by atoms with van der Waals surface area (Å²) in [4.78, 5) is 11.3. The van der Waals surface area contributed by atoms with Crippen molar-refractivity contribution in [2.45, 2.75) is 44.2 Å². The number of carbonyl (C=O) groups excluding carboxylic acids is 1. The summed E-state index contributed by atoms with van der Waals surface area (Å²) in [5.74, 6) is 1.51. The standard InChI is InChI=1S/C12H18N2O2S/c15-11-9(3-4-16-11)13-12(17)14-10-6-7-1-2-8(10)5-7/h7-10H,1-6H2,(H2,13,14,17)/t7-,8+,9+,10+/m1/s1. The number of cyclic esters (lactones) is 1. The van der Waals surface area contributed by atoms with E-state index in [4.69, 9.17) is 17.0 Å². The van der Waals surface area contributed by atoms with E-state index in [0.717, 1.165) is 18.3 Å². The lowest BCUT2D eigenvalue weighted by atomic mass is 9.95. The zero-order chi connectivity index (χ0) is 11.8. The third-order valence-corrected chi connectivity index (χ3v) is 4.53. The Labute approximate surface area is 106 Å². The molecule has 2 N–H and O–H groups in total. The molecule has 4 atom stereocenters. The van der Waals surface area contributed by atoms with Gasteiger partial charge in [-0.15, -0.1) is 0 Å². The number of nitrogens with one attached hydrogen (secondary N) is 2. The van der Waals surface area contributed by atoms with Gasteiger partial charge in [0.1, 0.15) is 6.04 Å². The number of thiocarbonyl (C=S) groups is 1. The highest BCUT2D eigenvalue weighted by molar-refractivity contribution is 7.80. The van der Waals surface area contributed by atoms with Gasteiger partial charge >= 0.3 is 5.97 Å². The second-order valence-corrected chi connectivity index (χ2v) is 5.82. The molecule has 0 aromatic carbocycles. The van der Waals surface area contributed by atoms with Gasteiger partial charge in [0.2, 0.25) is 0 Å². The molecule has 94 valence electrons. The fourth-order valence-electron chi connectivity index (χ4n) is 3.42. The summed E-state index contributed by atoms with van der Waals surface area (Å²) in [5, 5.41) is 7.05. The lowest BCUT2D eigenvalue weighted by Crippen LogP contribution is -2.48. The van der Waals surface area contributed by atoms with Crippen molar-refractivity contribution in [1.29, 1.82) is 0 Å². The van der Waals surface area contributed by atoms with E-state index >= 15 is 0 Å². The van der Waals surface area contributed by atoms with Crippen molar-refractivity contribution in [2.24, 2.45) is 11.8 Å². The maximum Gasteiger partial charge on any atom is 0.328 e. The van der Waals surface area contributed by atoms with Gasteiger partial charge in [-0.3, -0.25) is 0 Å². The van der Waals surface area contributed by atoms with Crippen LogP contribution in [0.4, 0.5) is 0 Å². The summed E-state index contributed by atoms with van der Waals surface area (Å²) in [7, 11) is 0. The van der Waals surface area contributed by atoms with Crippen LogP contribution < -0.4 is 10.6 Å². The van der Waals surface area contributed by atoms with Crippen molar-refractivity contribution in [2.75, 3.05) is 6.61 Å². The van der Waals surface area contributed by atoms with Crippen LogP contribution in [-0.4, -0.2) is 29.8 Å². The second kappa shape index (κ2) is 4.44. The third-order valence-electron chi connectivity index (χ3n) is 4.30. The van der Waals surface area contributed by atoms with Crippen LogP contribution in [0.25, 0.3) is 0 Å². The fraction of sp³-hybridized carbons (Fsp3) is 0.833. The zero-order valence-electron chi connectivity index (χ0n) is 9.78. The molecule has 1 heterocycles. The molecule has 3 fully saturated rings. The van der Waals surface area contributed by atoms with Crippen molar-refractivity contribution in [3.8, 4) is 0 Å². The SMILES string of the molecule is O=C1OCC[C@@H]1NC(=S)N[C@H]1C[C@@H]2CC[C@H]1C2. The number of carbonyl (C=O) groups is 1. The maximum atomic E-state index is 11.3. The van der Waals surface area contributed by atoms with Gasteiger partial charge in [-0.25, -0.2) is 4.79 Å². The van der Waals surface area contributed by atoms with Gasteiger partial charge in [0.15, 0.2) is 5.11 Å². The van der Waals surface area contributed by atoms with Crippen molar-refractivity contribution >= 4 is 23.3 Å². The van der Waals surface area contributed by atoms with Crippen molar-refractivity contribution < 1.29 is 9.53 Å². The summed E-state index contributed by atoms with van der Waals surface area (Å²) in [6.45, 7) is 0.507. The van der Waals surface area contributed by atoms with E-state index in [-0.39, 0.29) is 12.0 Å². The van der Waals surface area contributed by atoms with Crippen LogP contribution >= 0.6 is 12.2 Å². The quantitative estimate of drug-likeness (QED) is 0.568. The molecule has 0 unspecified atom stereocenters. The normalized spacial score (nSPS) is 39.2. The van der Waals surface area contributed by atoms with Crippen LogP contribution in [0.2, 0.25) is 0 Å². The van der Waals surface area contributed by atoms with Gasteiger partial charge < -0.3 is 15.4 Å². The van der Waals surface area contributed by atoms with E-state index < -0.39 is 0 Å². The summed E-state index contributed by atoms with van der Waals surface area (Å²) < 4.78 is 4.90. The minimum atomic E-state index is -0.242. The fourth-order valence-corrected chi connectivity index (χ4v) is 3.71. The van der Waals surface area contributed by atoms with Gasteiger partial charge in [-0.2, -0.15) is 0 Å². The zero-order valence-corrected chi connectivity index (χ0v) is 10.6. The monoisotopic (exact) mass is 254 g/mol. The Hall–Kier alpha value is -0.840. The van der Waals surface area contributed by atoms with Crippen molar-refractivity contribution in [3.05, 3.63) is 0 Å². The van der Waals surface area contributed by atoms with E-state index in [2.05, 4.69) is 10.6 Å². The molecule has 1 aliphatic heterocycles.